The van der Waals surface area contributed by atoms with Crippen LogP contribution >= 0.6 is 11.3 Å². The molecule has 0 radical (unpaired) electrons. The van der Waals surface area contributed by atoms with Gasteiger partial charge in [-0.15, -0.1) is 11.3 Å². The zero-order valence-electron chi connectivity index (χ0n) is 36.4. The van der Waals surface area contributed by atoms with Crippen LogP contribution < -0.4 is 9.80 Å². The number of fused-ring (bicyclic) bond motifs is 11. The van der Waals surface area contributed by atoms with E-state index in [0.29, 0.717) is 0 Å². The van der Waals surface area contributed by atoms with Gasteiger partial charge in [-0.1, -0.05) is 126 Å². The fourth-order valence-corrected chi connectivity index (χ4v) is 11.0. The molecule has 0 bridgehead atoms. The van der Waals surface area contributed by atoms with Crippen LogP contribution in [-0.2, 0) is 10.8 Å². The average Bonchev–Trinajstić information content (AvgIpc) is 4.02. The van der Waals surface area contributed by atoms with Crippen LogP contribution in [-0.4, -0.2) is 4.40 Å². The van der Waals surface area contributed by atoms with Crippen LogP contribution in [0.3, 0.4) is 0 Å². The van der Waals surface area contributed by atoms with Crippen molar-refractivity contribution in [1.82, 2.24) is 4.40 Å². The number of para-hydroxylation sites is 2. The predicted octanol–water partition coefficient (Wildman–Crippen LogP) is 17.5. The van der Waals surface area contributed by atoms with Gasteiger partial charge in [-0.3, -0.25) is 4.40 Å². The molecule has 0 aliphatic heterocycles. The molecule has 4 heterocycles. The standard InChI is InChI=1S/C58H47N3OS/c1-57(2,3)38-22-27-42(28-23-38)59(40-15-9-7-10-16-40)44-26-21-36-34-47-49(35-37(36)33-44)62-55-51(47)46-31-32-48(53-52-45-19-13-14-20-50(45)63-56(52)61(55)54(46)53)60(41-17-11-8-12-18-41)43-29-24-39(25-30-43)58(4,5)6/h7-35H,1-6H3. The van der Waals surface area contributed by atoms with Gasteiger partial charge in [0.2, 0.25) is 5.71 Å². The first-order chi connectivity index (χ1) is 30.5. The zero-order valence-corrected chi connectivity index (χ0v) is 37.2. The van der Waals surface area contributed by atoms with Gasteiger partial charge in [0.05, 0.1) is 16.6 Å². The molecule has 306 valence electrons. The van der Waals surface area contributed by atoms with E-state index in [-0.39, 0.29) is 10.8 Å². The number of anilines is 6. The highest BCUT2D eigenvalue weighted by atomic mass is 32.1. The molecule has 0 saturated carbocycles. The van der Waals surface area contributed by atoms with Gasteiger partial charge < -0.3 is 14.2 Å². The van der Waals surface area contributed by atoms with E-state index in [4.69, 9.17) is 4.42 Å². The summed E-state index contributed by atoms with van der Waals surface area (Å²) in [5.41, 5.74) is 12.5. The number of thiophene rings is 1. The van der Waals surface area contributed by atoms with Crippen molar-refractivity contribution in [3.05, 3.63) is 187 Å². The van der Waals surface area contributed by atoms with Crippen LogP contribution in [0.5, 0.6) is 0 Å². The SMILES string of the molecule is CC(C)(C)c1ccc(N(c2ccccc2)c2ccc3cc4c(cc3c2)oc2c4c3ccc(N(c4ccccc4)c4ccc(C(C)(C)C)cc4)c4c5c6ccccc6sc5n2c34)cc1. The van der Waals surface area contributed by atoms with Crippen LogP contribution in [0.2, 0.25) is 0 Å². The molecular weight excluding hydrogens is 787 g/mol. The van der Waals surface area contributed by atoms with Crippen LogP contribution in [0.15, 0.2) is 180 Å². The van der Waals surface area contributed by atoms with Crippen LogP contribution in [0, 0.1) is 0 Å². The third kappa shape index (κ3) is 5.87. The van der Waals surface area contributed by atoms with E-state index in [0.717, 1.165) is 61.6 Å². The molecule has 0 N–H and O–H groups in total. The van der Waals surface area contributed by atoms with E-state index in [9.17, 15) is 0 Å². The summed E-state index contributed by atoms with van der Waals surface area (Å²) in [7, 11) is 0. The molecule has 0 fully saturated rings. The lowest BCUT2D eigenvalue weighted by Crippen LogP contribution is -2.13. The predicted molar refractivity (Wildman–Crippen MR) is 271 cm³/mol. The largest absolute Gasteiger partial charge is 0.439 e. The Labute approximate surface area is 371 Å². The number of hydrogen-bond acceptors (Lipinski definition) is 4. The van der Waals surface area contributed by atoms with Gasteiger partial charge in [0.15, 0.2) is 0 Å². The van der Waals surface area contributed by atoms with E-state index >= 15 is 0 Å². The number of rotatable bonds is 6. The molecule has 63 heavy (non-hydrogen) atoms. The first-order valence-electron chi connectivity index (χ1n) is 21.9. The van der Waals surface area contributed by atoms with Gasteiger partial charge in [0, 0.05) is 60.1 Å². The van der Waals surface area contributed by atoms with E-state index < -0.39 is 0 Å². The zero-order chi connectivity index (χ0) is 42.8. The van der Waals surface area contributed by atoms with Crippen molar-refractivity contribution in [2.45, 2.75) is 52.4 Å². The Hall–Kier alpha value is -7.08. The Morgan fingerprint density at radius 1 is 0.444 bits per heavy atom. The fourth-order valence-electron chi connectivity index (χ4n) is 9.80. The van der Waals surface area contributed by atoms with Crippen LogP contribution in [0.1, 0.15) is 52.7 Å². The van der Waals surface area contributed by atoms with Crippen molar-refractivity contribution in [2.75, 3.05) is 9.80 Å². The molecule has 5 heteroatoms. The Balaban J connectivity index is 1.08. The molecule has 12 rings (SSSR count). The lowest BCUT2D eigenvalue weighted by Gasteiger charge is -2.27. The monoisotopic (exact) mass is 833 g/mol. The summed E-state index contributed by atoms with van der Waals surface area (Å²) in [6.07, 6.45) is 0. The van der Waals surface area contributed by atoms with E-state index in [1.807, 2.05) is 11.3 Å². The minimum absolute atomic E-state index is 0.0559. The molecule has 0 aliphatic rings. The molecule has 0 unspecified atom stereocenters. The molecule has 0 atom stereocenters. The fraction of sp³-hybridized carbons (Fsp3) is 0.138. The Kier molecular flexibility index (Phi) is 8.20. The Bertz CT molecular complexity index is 3680. The van der Waals surface area contributed by atoms with Crippen molar-refractivity contribution in [3.63, 3.8) is 0 Å². The molecule has 0 saturated heterocycles. The molecule has 0 spiro atoms. The maximum absolute atomic E-state index is 7.13. The average molecular weight is 834 g/mol. The Morgan fingerprint density at radius 3 is 1.67 bits per heavy atom. The summed E-state index contributed by atoms with van der Waals surface area (Å²) in [6.45, 7) is 13.6. The Morgan fingerprint density at radius 2 is 1.02 bits per heavy atom. The molecule has 4 aromatic heterocycles. The molecule has 8 aromatic carbocycles. The smallest absolute Gasteiger partial charge is 0.214 e. The van der Waals surface area contributed by atoms with Crippen molar-refractivity contribution in [3.8, 4) is 0 Å². The molecular formula is C58H47N3OS. The maximum Gasteiger partial charge on any atom is 0.214 e. The van der Waals surface area contributed by atoms with Gasteiger partial charge in [-0.05, 0) is 124 Å². The van der Waals surface area contributed by atoms with Gasteiger partial charge in [-0.25, -0.2) is 0 Å². The first-order valence-corrected chi connectivity index (χ1v) is 22.7. The summed E-state index contributed by atoms with van der Waals surface area (Å²) in [4.78, 5) is 5.98. The minimum atomic E-state index is 0.0559. The molecule has 0 aliphatic carbocycles. The quantitative estimate of drug-likeness (QED) is 0.167. The maximum atomic E-state index is 7.13. The van der Waals surface area contributed by atoms with Gasteiger partial charge in [-0.2, -0.15) is 0 Å². The van der Waals surface area contributed by atoms with E-state index in [1.165, 1.54) is 53.1 Å². The number of furan rings is 1. The van der Waals surface area contributed by atoms with Gasteiger partial charge in [0.25, 0.3) is 0 Å². The third-order valence-corrected chi connectivity index (χ3v) is 14.2. The summed E-state index contributed by atoms with van der Waals surface area (Å²) < 4.78 is 10.8. The van der Waals surface area contributed by atoms with E-state index in [1.54, 1.807) is 0 Å². The summed E-state index contributed by atoms with van der Waals surface area (Å²) in [5.74, 6) is 0. The van der Waals surface area contributed by atoms with Crippen LogP contribution in [0.4, 0.5) is 34.1 Å². The van der Waals surface area contributed by atoms with Crippen molar-refractivity contribution >= 4 is 115 Å². The summed E-state index contributed by atoms with van der Waals surface area (Å²) in [6, 6.07) is 64.5. The minimum Gasteiger partial charge on any atom is -0.439 e. The second-order valence-corrected chi connectivity index (χ2v) is 20.1. The van der Waals surface area contributed by atoms with Crippen molar-refractivity contribution in [1.29, 1.82) is 0 Å². The van der Waals surface area contributed by atoms with Crippen molar-refractivity contribution in [2.24, 2.45) is 0 Å². The second kappa shape index (κ2) is 13.7. The summed E-state index contributed by atoms with van der Waals surface area (Å²) >= 11 is 1.85. The number of aromatic nitrogens is 1. The molecule has 4 nitrogen and oxygen atoms in total. The highest BCUT2D eigenvalue weighted by Crippen LogP contribution is 2.53. The number of benzene rings is 8. The second-order valence-electron chi connectivity index (χ2n) is 19.1. The third-order valence-electron chi connectivity index (χ3n) is 13.0. The van der Waals surface area contributed by atoms with E-state index in [2.05, 4.69) is 232 Å². The highest BCUT2D eigenvalue weighted by Gasteiger charge is 2.29. The van der Waals surface area contributed by atoms with Crippen LogP contribution in [0.25, 0.3) is 69.4 Å². The lowest BCUT2D eigenvalue weighted by atomic mass is 9.87. The number of nitrogens with zero attached hydrogens (tertiary/aromatic N) is 3. The van der Waals surface area contributed by atoms with Crippen molar-refractivity contribution < 1.29 is 4.42 Å². The first kappa shape index (κ1) is 37.7. The van der Waals surface area contributed by atoms with Gasteiger partial charge >= 0.3 is 0 Å². The summed E-state index contributed by atoms with van der Waals surface area (Å²) in [5, 5.41) is 9.59. The molecule has 0 amide bonds. The topological polar surface area (TPSA) is 24.0 Å². The lowest BCUT2D eigenvalue weighted by molar-refractivity contribution is 0.590. The van der Waals surface area contributed by atoms with Gasteiger partial charge in [0.1, 0.15) is 10.4 Å². The normalized spacial score (nSPS) is 12.6. The molecule has 12 aromatic rings. The highest BCUT2D eigenvalue weighted by molar-refractivity contribution is 7.25. The number of hydrogen-bond donors (Lipinski definition) is 0.